The predicted octanol–water partition coefficient (Wildman–Crippen LogP) is 3.07. The van der Waals surface area contributed by atoms with Crippen molar-refractivity contribution in [2.45, 2.75) is 71.6 Å². The number of aromatic nitrogens is 3. The summed E-state index contributed by atoms with van der Waals surface area (Å²) in [6.07, 6.45) is 10.8. The number of hydrazone groups is 1. The number of aromatic amines is 1. The van der Waals surface area contributed by atoms with E-state index < -0.39 is 0 Å². The quantitative estimate of drug-likeness (QED) is 0.569. The van der Waals surface area contributed by atoms with Crippen LogP contribution in [0.3, 0.4) is 0 Å². The molecule has 1 saturated heterocycles. The van der Waals surface area contributed by atoms with Crippen LogP contribution in [0.4, 0.5) is 10.5 Å². The fourth-order valence-electron chi connectivity index (χ4n) is 5.31. The molecule has 3 N–H and O–H groups in total. The molecule has 192 valence electrons. The van der Waals surface area contributed by atoms with Crippen LogP contribution in [0.5, 0.6) is 0 Å². The van der Waals surface area contributed by atoms with Crippen LogP contribution in [0.1, 0.15) is 53.4 Å². The van der Waals surface area contributed by atoms with Gasteiger partial charge in [0.1, 0.15) is 0 Å². The van der Waals surface area contributed by atoms with Crippen LogP contribution in [0.15, 0.2) is 35.3 Å². The number of fused-ring (bicyclic) bond motifs is 1. The SMILES string of the molecule is C[C@@H]1C[C@H](N(C)C(=O)NC2=N/[N+](=C\C3CC(O)C3)C(C(C)(C)C)=C2)CCN1c1cnc2[nH]ncc2c1. The topological polar surface area (TPSA) is 113 Å². The van der Waals surface area contributed by atoms with Gasteiger partial charge in [-0.2, -0.15) is 5.10 Å². The number of amides is 2. The second-order valence-electron chi connectivity index (χ2n) is 11.4. The Balaban J connectivity index is 1.23. The van der Waals surface area contributed by atoms with Gasteiger partial charge in [-0.25, -0.2) is 9.78 Å². The fourth-order valence-corrected chi connectivity index (χ4v) is 5.31. The summed E-state index contributed by atoms with van der Waals surface area (Å²) in [5.41, 5.74) is 2.78. The summed E-state index contributed by atoms with van der Waals surface area (Å²) in [5, 5.41) is 25.3. The molecule has 2 aliphatic heterocycles. The molecule has 10 heteroatoms. The Labute approximate surface area is 211 Å². The third-order valence-corrected chi connectivity index (χ3v) is 7.57. The lowest BCUT2D eigenvalue weighted by Gasteiger charge is -2.42. The first-order valence-corrected chi connectivity index (χ1v) is 12.8. The molecule has 2 aromatic rings. The molecule has 2 amide bonds. The van der Waals surface area contributed by atoms with E-state index >= 15 is 0 Å². The summed E-state index contributed by atoms with van der Waals surface area (Å²) in [6, 6.07) is 2.37. The van der Waals surface area contributed by atoms with E-state index in [0.29, 0.717) is 11.8 Å². The number of aliphatic hydroxyl groups excluding tert-OH is 1. The van der Waals surface area contributed by atoms with Crippen LogP contribution in [0.2, 0.25) is 0 Å². The predicted molar refractivity (Wildman–Crippen MR) is 140 cm³/mol. The van der Waals surface area contributed by atoms with E-state index in [1.165, 1.54) is 0 Å². The Morgan fingerprint density at radius 3 is 2.78 bits per heavy atom. The van der Waals surface area contributed by atoms with Gasteiger partial charge in [-0.3, -0.25) is 10.4 Å². The number of nitrogens with zero attached hydrogens (tertiary/aromatic N) is 6. The number of nitrogens with one attached hydrogen (secondary N) is 2. The fraction of sp³-hybridized carbons (Fsp3) is 0.577. The molecule has 5 rings (SSSR count). The van der Waals surface area contributed by atoms with Crippen LogP contribution in [0, 0.1) is 11.3 Å². The number of aliphatic hydroxyl groups is 1. The first-order valence-electron chi connectivity index (χ1n) is 12.8. The highest BCUT2D eigenvalue weighted by molar-refractivity contribution is 6.04. The molecular weight excluding hydrogens is 456 g/mol. The monoisotopic (exact) mass is 493 g/mol. The van der Waals surface area contributed by atoms with E-state index in [1.807, 2.05) is 28.9 Å². The highest BCUT2D eigenvalue weighted by Gasteiger charge is 2.38. The average Bonchev–Trinajstić information content (AvgIpc) is 3.43. The maximum atomic E-state index is 13.2. The third-order valence-electron chi connectivity index (χ3n) is 7.57. The van der Waals surface area contributed by atoms with Crippen LogP contribution in [0.25, 0.3) is 11.0 Å². The number of pyridine rings is 1. The van der Waals surface area contributed by atoms with Gasteiger partial charge in [0, 0.05) is 47.5 Å². The van der Waals surface area contributed by atoms with Gasteiger partial charge in [0.2, 0.25) is 11.5 Å². The number of carbonyl (C=O) groups is 1. The largest absolute Gasteiger partial charge is 0.393 e. The number of piperidine rings is 1. The summed E-state index contributed by atoms with van der Waals surface area (Å²) < 4.78 is 1.89. The van der Waals surface area contributed by atoms with Gasteiger partial charge in [0.15, 0.2) is 11.9 Å². The lowest BCUT2D eigenvalue weighted by molar-refractivity contribution is -0.488. The van der Waals surface area contributed by atoms with Crippen LogP contribution < -0.4 is 10.2 Å². The van der Waals surface area contributed by atoms with Crippen molar-refractivity contribution in [3.63, 3.8) is 0 Å². The van der Waals surface area contributed by atoms with Crippen LogP contribution >= 0.6 is 0 Å². The zero-order valence-electron chi connectivity index (χ0n) is 21.8. The minimum atomic E-state index is -0.216. The zero-order valence-corrected chi connectivity index (χ0v) is 21.8. The highest BCUT2D eigenvalue weighted by Crippen LogP contribution is 2.32. The summed E-state index contributed by atoms with van der Waals surface area (Å²) in [4.78, 5) is 21.8. The van der Waals surface area contributed by atoms with E-state index in [9.17, 15) is 9.90 Å². The van der Waals surface area contributed by atoms with Crippen molar-refractivity contribution in [2.75, 3.05) is 18.5 Å². The van der Waals surface area contributed by atoms with E-state index in [0.717, 1.165) is 54.6 Å². The van der Waals surface area contributed by atoms with E-state index in [4.69, 9.17) is 0 Å². The molecule has 1 aliphatic carbocycles. The van der Waals surface area contributed by atoms with Crippen molar-refractivity contribution in [1.29, 1.82) is 0 Å². The van der Waals surface area contributed by atoms with Crippen LogP contribution in [-0.4, -0.2) is 79.7 Å². The van der Waals surface area contributed by atoms with Crippen molar-refractivity contribution in [1.82, 2.24) is 25.4 Å². The number of hydrogen-bond acceptors (Lipinski definition) is 6. The van der Waals surface area contributed by atoms with Gasteiger partial charge in [0.05, 0.1) is 30.3 Å². The number of allylic oxidation sites excluding steroid dienone is 1. The summed E-state index contributed by atoms with van der Waals surface area (Å²) in [5.74, 6) is 0.862. The van der Waals surface area contributed by atoms with Gasteiger partial charge in [0.25, 0.3) is 0 Å². The number of urea groups is 1. The molecule has 3 aliphatic rings. The van der Waals surface area contributed by atoms with Crippen molar-refractivity contribution in [3.8, 4) is 0 Å². The molecule has 0 spiro atoms. The molecule has 2 aromatic heterocycles. The second-order valence-corrected chi connectivity index (χ2v) is 11.4. The Morgan fingerprint density at radius 2 is 2.08 bits per heavy atom. The summed E-state index contributed by atoms with van der Waals surface area (Å²) >= 11 is 0. The molecular formula is C26H37N8O2+. The lowest BCUT2D eigenvalue weighted by atomic mass is 9.83. The zero-order chi connectivity index (χ0) is 25.6. The average molecular weight is 494 g/mol. The Bertz CT molecular complexity index is 1230. The molecule has 0 radical (unpaired) electrons. The minimum Gasteiger partial charge on any atom is -0.393 e. The van der Waals surface area contributed by atoms with Gasteiger partial charge < -0.3 is 14.9 Å². The number of carbonyl (C=O) groups excluding carboxylic acids is 1. The number of rotatable bonds is 3. The number of H-pyrrole nitrogens is 1. The van der Waals surface area contributed by atoms with E-state index in [-0.39, 0.29) is 29.6 Å². The first kappa shape index (κ1) is 24.4. The maximum Gasteiger partial charge on any atom is 0.323 e. The molecule has 0 aromatic carbocycles. The second kappa shape index (κ2) is 9.31. The van der Waals surface area contributed by atoms with Gasteiger partial charge in [-0.15, -0.1) is 0 Å². The Morgan fingerprint density at radius 1 is 1.31 bits per heavy atom. The molecule has 36 heavy (non-hydrogen) atoms. The number of amidine groups is 1. The summed E-state index contributed by atoms with van der Waals surface area (Å²) in [7, 11) is 1.87. The van der Waals surface area contributed by atoms with Crippen molar-refractivity contribution >= 4 is 34.8 Å². The van der Waals surface area contributed by atoms with Crippen molar-refractivity contribution in [3.05, 3.63) is 30.2 Å². The molecule has 2 fully saturated rings. The van der Waals surface area contributed by atoms with Gasteiger partial charge in [-0.1, -0.05) is 25.5 Å². The van der Waals surface area contributed by atoms with Gasteiger partial charge in [-0.05, 0) is 38.7 Å². The molecule has 0 bridgehead atoms. The number of anilines is 1. The smallest absolute Gasteiger partial charge is 0.323 e. The van der Waals surface area contributed by atoms with E-state index in [1.54, 1.807) is 6.20 Å². The lowest BCUT2D eigenvalue weighted by Crippen LogP contribution is -2.52. The highest BCUT2D eigenvalue weighted by atomic mass is 16.3. The summed E-state index contributed by atoms with van der Waals surface area (Å²) in [6.45, 7) is 9.45. The number of hydrogen-bond donors (Lipinski definition) is 3. The molecule has 2 atom stereocenters. The maximum absolute atomic E-state index is 13.2. The van der Waals surface area contributed by atoms with Crippen LogP contribution in [-0.2, 0) is 0 Å². The van der Waals surface area contributed by atoms with E-state index in [2.05, 4.69) is 70.5 Å². The Kier molecular flexibility index (Phi) is 6.32. The van der Waals surface area contributed by atoms with Gasteiger partial charge >= 0.3 is 6.03 Å². The first-order chi connectivity index (χ1) is 17.1. The molecule has 1 saturated carbocycles. The minimum absolute atomic E-state index is 0.128. The van der Waals surface area contributed by atoms with Crippen molar-refractivity contribution < 1.29 is 14.6 Å². The standard InChI is InChI=1S/C26H36N8O2/c1-16-8-19(6-7-33(16)20-11-18-13-28-30-24(18)27-14-20)32(5)25(36)29-23-12-22(26(2,3)4)34(31-23)15-17-9-21(35)10-17/h11-17,19,21,35H,6-10H2,1-5H3,(H-,27,28,29,30,31,36)/p+1/b34-15-/t16-,17?,19-,21?/m1/s1. The molecule has 0 unspecified atom stereocenters. The normalized spacial score (nSPS) is 27.6. The van der Waals surface area contributed by atoms with Crippen molar-refractivity contribution in [2.24, 2.45) is 16.4 Å². The molecule has 4 heterocycles. The third kappa shape index (κ3) is 4.86. The Hall–Kier alpha value is -3.27. The molecule has 10 nitrogen and oxygen atoms in total.